The molecule has 4 nitrogen and oxygen atoms in total. The van der Waals surface area contributed by atoms with Gasteiger partial charge < -0.3 is 4.74 Å². The summed E-state index contributed by atoms with van der Waals surface area (Å²) in [7, 11) is -1.87. The quantitative estimate of drug-likeness (QED) is 0.337. The second kappa shape index (κ2) is 9.39. The molecule has 0 aliphatic carbocycles. The van der Waals surface area contributed by atoms with E-state index in [2.05, 4.69) is 0 Å². The summed E-state index contributed by atoms with van der Waals surface area (Å²) >= 11 is 0. The number of halogens is 1. The van der Waals surface area contributed by atoms with Crippen molar-refractivity contribution in [2.75, 3.05) is 13.4 Å². The van der Waals surface area contributed by atoms with E-state index in [1.165, 1.54) is 25.5 Å². The minimum absolute atomic E-state index is 0.158. The Hall–Kier alpha value is -3.51. The molecule has 4 rings (SSSR count). The van der Waals surface area contributed by atoms with Gasteiger partial charge in [-0.1, -0.05) is 48.5 Å². The minimum atomic E-state index is -3.24. The van der Waals surface area contributed by atoms with Gasteiger partial charge in [-0.05, 0) is 81.8 Å². The topological polar surface area (TPSA) is 60.4 Å². The van der Waals surface area contributed by atoms with Gasteiger partial charge in [0.2, 0.25) is 0 Å². The van der Waals surface area contributed by atoms with E-state index in [9.17, 15) is 17.6 Å². The number of ether oxygens (including phenoxy) is 1. The molecular formula is C28H25FO4S. The van der Waals surface area contributed by atoms with Crippen LogP contribution < -0.4 is 0 Å². The van der Waals surface area contributed by atoms with Crippen LogP contribution in [0, 0.1) is 12.7 Å². The molecular weight excluding hydrogens is 451 g/mol. The third kappa shape index (κ3) is 5.02. The molecule has 0 N–H and O–H groups in total. The average molecular weight is 477 g/mol. The Morgan fingerprint density at radius 3 is 2.12 bits per heavy atom. The van der Waals surface area contributed by atoms with Gasteiger partial charge in [-0.2, -0.15) is 0 Å². The van der Waals surface area contributed by atoms with E-state index in [0.29, 0.717) is 6.42 Å². The predicted molar refractivity (Wildman–Crippen MR) is 132 cm³/mol. The zero-order valence-corrected chi connectivity index (χ0v) is 20.1. The van der Waals surface area contributed by atoms with E-state index in [1.54, 1.807) is 30.3 Å². The normalized spacial score (nSPS) is 11.5. The molecule has 0 atom stereocenters. The van der Waals surface area contributed by atoms with Crippen molar-refractivity contribution in [3.8, 4) is 11.1 Å². The van der Waals surface area contributed by atoms with Gasteiger partial charge in [0.25, 0.3) is 0 Å². The van der Waals surface area contributed by atoms with Crippen molar-refractivity contribution in [3.05, 3.63) is 101 Å². The molecule has 0 aromatic heterocycles. The van der Waals surface area contributed by atoms with E-state index in [0.717, 1.165) is 44.2 Å². The fraction of sp³-hybridized carbons (Fsp3) is 0.179. The molecule has 0 bridgehead atoms. The lowest BCUT2D eigenvalue weighted by molar-refractivity contribution is -0.139. The van der Waals surface area contributed by atoms with Crippen LogP contribution in [0.3, 0.4) is 0 Å². The third-order valence-corrected chi connectivity index (χ3v) is 7.25. The summed E-state index contributed by atoms with van der Waals surface area (Å²) in [5.74, 6) is -0.622. The average Bonchev–Trinajstić information content (AvgIpc) is 2.82. The Labute approximate surface area is 198 Å². The molecule has 0 radical (unpaired) electrons. The molecule has 174 valence electrons. The first-order valence-electron chi connectivity index (χ1n) is 10.8. The van der Waals surface area contributed by atoms with Gasteiger partial charge in [-0.15, -0.1) is 0 Å². The molecule has 0 unspecified atom stereocenters. The molecule has 0 saturated heterocycles. The van der Waals surface area contributed by atoms with Gasteiger partial charge in [-0.25, -0.2) is 12.8 Å². The standard InChI is InChI=1S/C28H25FO4S/c1-18-23(16-28(30)33-2)15-22-8-11-24(29)17-27(22)26(18)14-19-4-6-20(7-5-19)21-9-12-25(13-10-21)34(3,31)32/h4-13,15,17H,14,16H2,1-3H3. The fourth-order valence-corrected chi connectivity index (χ4v) is 4.79. The Morgan fingerprint density at radius 2 is 1.53 bits per heavy atom. The first-order chi connectivity index (χ1) is 16.2. The van der Waals surface area contributed by atoms with Crippen LogP contribution in [0.1, 0.15) is 22.3 Å². The van der Waals surface area contributed by atoms with Gasteiger partial charge in [0, 0.05) is 6.26 Å². The molecule has 6 heteroatoms. The number of carbonyl (C=O) groups excluding carboxylic acids is 1. The van der Waals surface area contributed by atoms with Gasteiger partial charge >= 0.3 is 5.97 Å². The molecule has 0 aliphatic heterocycles. The molecule has 0 fully saturated rings. The second-order valence-corrected chi connectivity index (χ2v) is 10.4. The van der Waals surface area contributed by atoms with E-state index in [4.69, 9.17) is 4.74 Å². The first-order valence-corrected chi connectivity index (χ1v) is 12.7. The van der Waals surface area contributed by atoms with E-state index >= 15 is 0 Å². The maximum absolute atomic E-state index is 14.1. The lowest BCUT2D eigenvalue weighted by Crippen LogP contribution is -2.08. The summed E-state index contributed by atoms with van der Waals surface area (Å²) < 4.78 is 42.3. The highest BCUT2D eigenvalue weighted by molar-refractivity contribution is 7.90. The van der Waals surface area contributed by atoms with Crippen molar-refractivity contribution in [1.29, 1.82) is 0 Å². The predicted octanol–water partition coefficient (Wildman–Crippen LogP) is 5.66. The summed E-state index contributed by atoms with van der Waals surface area (Å²) in [5, 5.41) is 1.70. The summed E-state index contributed by atoms with van der Waals surface area (Å²) in [6, 6.07) is 21.4. The summed E-state index contributed by atoms with van der Waals surface area (Å²) in [4.78, 5) is 12.2. The van der Waals surface area contributed by atoms with Crippen LogP contribution in [0.2, 0.25) is 0 Å². The van der Waals surface area contributed by atoms with Crippen LogP contribution in [0.5, 0.6) is 0 Å². The van der Waals surface area contributed by atoms with Crippen molar-refractivity contribution >= 4 is 26.6 Å². The van der Waals surface area contributed by atoms with Crippen molar-refractivity contribution in [2.45, 2.75) is 24.7 Å². The number of esters is 1. The summed E-state index contributed by atoms with van der Waals surface area (Å²) in [6.07, 6.45) is 1.92. The van der Waals surface area contributed by atoms with Crippen molar-refractivity contribution in [2.24, 2.45) is 0 Å². The Kier molecular flexibility index (Phi) is 6.53. The van der Waals surface area contributed by atoms with Gasteiger partial charge in [-0.3, -0.25) is 4.79 Å². The number of rotatable bonds is 6. The number of hydrogen-bond acceptors (Lipinski definition) is 4. The van der Waals surface area contributed by atoms with E-state index in [-0.39, 0.29) is 23.1 Å². The number of sulfone groups is 1. The number of hydrogen-bond donors (Lipinski definition) is 0. The number of methoxy groups -OCH3 is 1. The first kappa shape index (κ1) is 23.6. The van der Waals surface area contributed by atoms with Crippen LogP contribution in [-0.2, 0) is 32.2 Å². The lowest BCUT2D eigenvalue weighted by Gasteiger charge is -2.16. The zero-order valence-electron chi connectivity index (χ0n) is 19.3. The number of benzene rings is 4. The van der Waals surface area contributed by atoms with Gasteiger partial charge in [0.1, 0.15) is 5.82 Å². The van der Waals surface area contributed by atoms with Crippen molar-refractivity contribution < 1.29 is 22.3 Å². The highest BCUT2D eigenvalue weighted by Gasteiger charge is 2.15. The van der Waals surface area contributed by atoms with Crippen LogP contribution in [0.4, 0.5) is 4.39 Å². The van der Waals surface area contributed by atoms with E-state index < -0.39 is 9.84 Å². The highest BCUT2D eigenvalue weighted by atomic mass is 32.2. The fourth-order valence-electron chi connectivity index (χ4n) is 4.16. The van der Waals surface area contributed by atoms with Crippen molar-refractivity contribution in [1.82, 2.24) is 0 Å². The maximum atomic E-state index is 14.1. The van der Waals surface area contributed by atoms with E-state index in [1.807, 2.05) is 37.3 Å². The largest absolute Gasteiger partial charge is 0.469 e. The SMILES string of the molecule is COC(=O)Cc1cc2ccc(F)cc2c(Cc2ccc(-c3ccc(S(C)(=O)=O)cc3)cc2)c1C. The number of fused-ring (bicyclic) bond motifs is 1. The summed E-state index contributed by atoms with van der Waals surface area (Å²) in [6.45, 7) is 1.95. The molecule has 0 amide bonds. The number of carbonyl (C=O) groups is 1. The molecule has 0 heterocycles. The molecule has 0 saturated carbocycles. The molecule has 4 aromatic rings. The maximum Gasteiger partial charge on any atom is 0.309 e. The highest BCUT2D eigenvalue weighted by Crippen LogP contribution is 2.30. The summed E-state index contributed by atoms with van der Waals surface area (Å²) in [5.41, 5.74) is 5.72. The van der Waals surface area contributed by atoms with Crippen molar-refractivity contribution in [3.63, 3.8) is 0 Å². The monoisotopic (exact) mass is 476 g/mol. The second-order valence-electron chi connectivity index (χ2n) is 8.43. The van der Waals surface area contributed by atoms with Gasteiger partial charge in [0.05, 0.1) is 18.4 Å². The smallest absolute Gasteiger partial charge is 0.309 e. The molecule has 34 heavy (non-hydrogen) atoms. The third-order valence-electron chi connectivity index (χ3n) is 6.12. The molecule has 4 aromatic carbocycles. The van der Waals surface area contributed by atoms with Crippen LogP contribution >= 0.6 is 0 Å². The lowest BCUT2D eigenvalue weighted by atomic mass is 9.89. The Bertz CT molecular complexity index is 1470. The van der Waals surface area contributed by atoms with Crippen LogP contribution in [-0.4, -0.2) is 27.8 Å². The molecule has 0 spiro atoms. The van der Waals surface area contributed by atoms with Crippen LogP contribution in [0.15, 0.2) is 77.7 Å². The Morgan fingerprint density at radius 1 is 0.912 bits per heavy atom. The van der Waals surface area contributed by atoms with Crippen LogP contribution in [0.25, 0.3) is 21.9 Å². The van der Waals surface area contributed by atoms with Gasteiger partial charge in [0.15, 0.2) is 9.84 Å². The molecule has 0 aliphatic rings. The minimum Gasteiger partial charge on any atom is -0.469 e. The zero-order chi connectivity index (χ0) is 24.5. The Balaban J connectivity index is 1.68.